The van der Waals surface area contributed by atoms with Crippen molar-refractivity contribution < 1.29 is 4.74 Å². The van der Waals surface area contributed by atoms with Gasteiger partial charge in [-0.05, 0) is 18.6 Å². The summed E-state index contributed by atoms with van der Waals surface area (Å²) < 4.78 is 5.63. The summed E-state index contributed by atoms with van der Waals surface area (Å²) in [6, 6.07) is 4.20. The molecule has 0 aromatic carbocycles. The minimum Gasteiger partial charge on any atom is -0.376 e. The number of nitrogens with two attached hydrogens (primary N) is 1. The maximum absolute atomic E-state index is 5.63. The molecule has 2 nitrogen and oxygen atoms in total. The van der Waals surface area contributed by atoms with Crippen LogP contribution in [0.5, 0.6) is 0 Å². The smallest absolute Gasteiger partial charge is 0.0809 e. The number of hydrogen-bond donors (Lipinski definition) is 1. The summed E-state index contributed by atoms with van der Waals surface area (Å²) in [5.74, 6) is 0. The predicted octanol–water partition coefficient (Wildman–Crippen LogP) is 3.69. The zero-order chi connectivity index (χ0) is 11.6. The number of rotatable bonds is 9. The van der Waals surface area contributed by atoms with E-state index in [1.807, 2.05) is 0 Å². The molecular weight excluding hydrogens is 218 g/mol. The highest BCUT2D eigenvalue weighted by molar-refractivity contribution is 7.11. The molecule has 16 heavy (non-hydrogen) atoms. The Kier molecular flexibility index (Phi) is 7.47. The molecule has 0 fully saturated rings. The molecule has 0 saturated carbocycles. The molecule has 2 N–H and O–H groups in total. The predicted molar refractivity (Wildman–Crippen MR) is 70.6 cm³/mol. The first-order valence-corrected chi connectivity index (χ1v) is 7.04. The summed E-state index contributed by atoms with van der Waals surface area (Å²) in [5, 5.41) is 0. The van der Waals surface area contributed by atoms with E-state index in [1.165, 1.54) is 41.9 Å². The largest absolute Gasteiger partial charge is 0.376 e. The van der Waals surface area contributed by atoms with Crippen LogP contribution in [0.2, 0.25) is 0 Å². The molecule has 1 aromatic heterocycles. The van der Waals surface area contributed by atoms with Gasteiger partial charge in [-0.3, -0.25) is 0 Å². The first-order chi connectivity index (χ1) is 7.86. The summed E-state index contributed by atoms with van der Waals surface area (Å²) in [7, 11) is 0. The lowest BCUT2D eigenvalue weighted by molar-refractivity contribution is 0.119. The third kappa shape index (κ3) is 5.64. The van der Waals surface area contributed by atoms with Crippen LogP contribution in [-0.4, -0.2) is 6.61 Å². The third-order valence-corrected chi connectivity index (χ3v) is 3.64. The normalized spacial score (nSPS) is 10.9. The standard InChI is InChI=1S/C13H23NOS/c1-2-3-4-5-6-9-15-11-13-8-7-12(10-14)16-13/h7-8H,2-6,9-11,14H2,1H3. The number of ether oxygens (including phenoxy) is 1. The average Bonchev–Trinajstić information content (AvgIpc) is 2.76. The summed E-state index contributed by atoms with van der Waals surface area (Å²) >= 11 is 1.75. The Bertz CT molecular complexity index is 273. The molecule has 0 spiro atoms. The second kappa shape index (κ2) is 8.74. The summed E-state index contributed by atoms with van der Waals surface area (Å²) in [5.41, 5.74) is 5.56. The fourth-order valence-electron chi connectivity index (χ4n) is 1.59. The number of hydrogen-bond acceptors (Lipinski definition) is 3. The van der Waals surface area contributed by atoms with E-state index < -0.39 is 0 Å². The molecule has 1 rings (SSSR count). The van der Waals surface area contributed by atoms with Crippen molar-refractivity contribution in [3.05, 3.63) is 21.9 Å². The zero-order valence-electron chi connectivity index (χ0n) is 10.2. The van der Waals surface area contributed by atoms with Crippen LogP contribution in [0.1, 0.15) is 48.8 Å². The van der Waals surface area contributed by atoms with Gasteiger partial charge in [0.2, 0.25) is 0 Å². The van der Waals surface area contributed by atoms with E-state index in [0.717, 1.165) is 13.2 Å². The van der Waals surface area contributed by atoms with Crippen LogP contribution in [-0.2, 0) is 17.9 Å². The third-order valence-electron chi connectivity index (χ3n) is 2.56. The van der Waals surface area contributed by atoms with E-state index in [-0.39, 0.29) is 0 Å². The van der Waals surface area contributed by atoms with Gasteiger partial charge in [-0.15, -0.1) is 11.3 Å². The first kappa shape index (κ1) is 13.7. The van der Waals surface area contributed by atoms with E-state index in [9.17, 15) is 0 Å². The first-order valence-electron chi connectivity index (χ1n) is 6.22. The number of thiophene rings is 1. The van der Waals surface area contributed by atoms with Crippen molar-refractivity contribution in [3.8, 4) is 0 Å². The van der Waals surface area contributed by atoms with Crippen LogP contribution in [0.3, 0.4) is 0 Å². The highest BCUT2D eigenvalue weighted by Gasteiger charge is 1.98. The quantitative estimate of drug-likeness (QED) is 0.669. The summed E-state index contributed by atoms with van der Waals surface area (Å²) in [6.07, 6.45) is 6.49. The van der Waals surface area contributed by atoms with Crippen LogP contribution in [0.4, 0.5) is 0 Å². The zero-order valence-corrected chi connectivity index (χ0v) is 11.0. The van der Waals surface area contributed by atoms with Crippen LogP contribution in [0.15, 0.2) is 12.1 Å². The molecule has 0 amide bonds. The Hall–Kier alpha value is -0.380. The lowest BCUT2D eigenvalue weighted by Gasteiger charge is -2.02. The Labute approximate surface area is 103 Å². The van der Waals surface area contributed by atoms with Crippen molar-refractivity contribution in [2.24, 2.45) is 5.73 Å². The molecule has 0 atom stereocenters. The Balaban J connectivity index is 1.98. The van der Waals surface area contributed by atoms with Gasteiger partial charge in [0.1, 0.15) is 0 Å². The molecule has 0 radical (unpaired) electrons. The Morgan fingerprint density at radius 1 is 1.12 bits per heavy atom. The molecule has 0 unspecified atom stereocenters. The van der Waals surface area contributed by atoms with E-state index >= 15 is 0 Å². The van der Waals surface area contributed by atoms with Gasteiger partial charge in [0.05, 0.1) is 6.61 Å². The Morgan fingerprint density at radius 2 is 1.88 bits per heavy atom. The molecule has 92 valence electrons. The second-order valence-corrected chi connectivity index (χ2v) is 5.29. The lowest BCUT2D eigenvalue weighted by atomic mass is 10.2. The monoisotopic (exact) mass is 241 g/mol. The van der Waals surface area contributed by atoms with Crippen molar-refractivity contribution in [3.63, 3.8) is 0 Å². The van der Waals surface area contributed by atoms with Gasteiger partial charge in [-0.25, -0.2) is 0 Å². The van der Waals surface area contributed by atoms with Crippen molar-refractivity contribution in [1.82, 2.24) is 0 Å². The molecule has 3 heteroatoms. The van der Waals surface area contributed by atoms with Gasteiger partial charge in [-0.1, -0.05) is 32.6 Å². The van der Waals surface area contributed by atoms with E-state index in [2.05, 4.69) is 19.1 Å². The van der Waals surface area contributed by atoms with Crippen molar-refractivity contribution in [2.45, 2.75) is 52.2 Å². The summed E-state index contributed by atoms with van der Waals surface area (Å²) in [4.78, 5) is 2.52. The Morgan fingerprint density at radius 3 is 2.56 bits per heavy atom. The average molecular weight is 241 g/mol. The van der Waals surface area contributed by atoms with Crippen LogP contribution >= 0.6 is 11.3 Å². The van der Waals surface area contributed by atoms with Crippen LogP contribution in [0, 0.1) is 0 Å². The minimum absolute atomic E-state index is 0.641. The second-order valence-electron chi connectivity index (χ2n) is 4.04. The van der Waals surface area contributed by atoms with Crippen molar-refractivity contribution >= 4 is 11.3 Å². The number of unbranched alkanes of at least 4 members (excludes halogenated alkanes) is 4. The topological polar surface area (TPSA) is 35.2 Å². The van der Waals surface area contributed by atoms with Gasteiger partial charge in [0.25, 0.3) is 0 Å². The van der Waals surface area contributed by atoms with Gasteiger partial charge in [-0.2, -0.15) is 0 Å². The highest BCUT2D eigenvalue weighted by atomic mass is 32.1. The van der Waals surface area contributed by atoms with Gasteiger partial charge >= 0.3 is 0 Å². The van der Waals surface area contributed by atoms with E-state index in [0.29, 0.717) is 6.54 Å². The molecule has 0 bridgehead atoms. The van der Waals surface area contributed by atoms with Crippen LogP contribution < -0.4 is 5.73 Å². The summed E-state index contributed by atoms with van der Waals surface area (Å²) in [6.45, 7) is 4.52. The highest BCUT2D eigenvalue weighted by Crippen LogP contribution is 2.16. The van der Waals surface area contributed by atoms with Crippen molar-refractivity contribution in [2.75, 3.05) is 6.61 Å². The molecule has 0 saturated heterocycles. The SMILES string of the molecule is CCCCCCCOCc1ccc(CN)s1. The lowest BCUT2D eigenvalue weighted by Crippen LogP contribution is -1.94. The van der Waals surface area contributed by atoms with Crippen molar-refractivity contribution in [1.29, 1.82) is 0 Å². The fraction of sp³-hybridized carbons (Fsp3) is 0.692. The van der Waals surface area contributed by atoms with E-state index in [1.54, 1.807) is 11.3 Å². The molecule has 1 aromatic rings. The fourth-order valence-corrected chi connectivity index (χ4v) is 2.42. The molecule has 0 aliphatic carbocycles. The van der Waals surface area contributed by atoms with Gasteiger partial charge in [0.15, 0.2) is 0 Å². The van der Waals surface area contributed by atoms with Gasteiger partial charge in [0, 0.05) is 22.9 Å². The van der Waals surface area contributed by atoms with E-state index in [4.69, 9.17) is 10.5 Å². The maximum Gasteiger partial charge on any atom is 0.0809 e. The van der Waals surface area contributed by atoms with Crippen LogP contribution in [0.25, 0.3) is 0 Å². The molecule has 0 aliphatic rings. The molecule has 1 heterocycles. The maximum atomic E-state index is 5.63. The minimum atomic E-state index is 0.641. The molecule has 0 aliphatic heterocycles. The molecular formula is C13H23NOS. The van der Waals surface area contributed by atoms with Gasteiger partial charge < -0.3 is 10.5 Å².